The lowest BCUT2D eigenvalue weighted by Crippen LogP contribution is -2.69. The maximum atomic E-state index is 13.1. The number of rotatable bonds is 7. The van der Waals surface area contributed by atoms with Crippen molar-refractivity contribution in [3.63, 3.8) is 0 Å². The first-order valence-corrected chi connectivity index (χ1v) is 13.5. The molecule has 4 bridgehead atoms. The van der Waals surface area contributed by atoms with E-state index in [1.807, 2.05) is 11.0 Å². The van der Waals surface area contributed by atoms with Crippen molar-refractivity contribution >= 4 is 21.8 Å². The molecule has 0 radical (unpaired) electrons. The number of aliphatic imine (C=N–C) groups is 1. The van der Waals surface area contributed by atoms with E-state index < -0.39 is 15.6 Å². The third-order valence-corrected chi connectivity index (χ3v) is 9.55. The molecule has 6 rings (SSSR count). The Kier molecular flexibility index (Phi) is 5.93. The third-order valence-electron chi connectivity index (χ3n) is 7.99. The Bertz CT molecular complexity index is 1050. The average molecular weight is 472 g/mol. The molecule has 5 aliphatic rings. The fourth-order valence-electron chi connectivity index (χ4n) is 7.24. The zero-order valence-corrected chi connectivity index (χ0v) is 20.0. The predicted molar refractivity (Wildman–Crippen MR) is 125 cm³/mol. The van der Waals surface area contributed by atoms with Crippen molar-refractivity contribution in [3.05, 3.63) is 30.6 Å². The molecule has 0 aromatic carbocycles. The number of aromatic nitrogens is 1. The lowest BCUT2D eigenvalue weighted by Gasteiger charge is -2.62. The van der Waals surface area contributed by atoms with Gasteiger partial charge in [-0.15, -0.1) is 0 Å². The number of hydrogen-bond acceptors (Lipinski definition) is 6. The highest BCUT2D eigenvalue weighted by Crippen LogP contribution is 2.57. The molecule has 2 N–H and O–H groups in total. The van der Waals surface area contributed by atoms with Gasteiger partial charge >= 0.3 is 0 Å². The standard InChI is InChI=1S/C24H33N5O3S/c1-25-8-6-20-4-3-9-29(20)22(30)16-27-23-11-18-10-19(12-23)14-24(13-18,17-23)28-33(31,32)21-5-2-7-26-15-21/h2,5-7,15,18-20,27-28H,3-4,9-14,16-17H2,1H3. The molecular weight excluding hydrogens is 438 g/mol. The van der Waals surface area contributed by atoms with Crippen LogP contribution < -0.4 is 10.0 Å². The van der Waals surface area contributed by atoms with Gasteiger partial charge in [-0.25, -0.2) is 18.1 Å². The van der Waals surface area contributed by atoms with Gasteiger partial charge < -0.3 is 10.2 Å². The van der Waals surface area contributed by atoms with E-state index in [9.17, 15) is 13.2 Å². The van der Waals surface area contributed by atoms with Gasteiger partial charge in [0.25, 0.3) is 0 Å². The summed E-state index contributed by atoms with van der Waals surface area (Å²) in [5.74, 6) is 3.95. The van der Waals surface area contributed by atoms with Crippen LogP contribution in [0, 0.1) is 11.8 Å². The predicted octanol–water partition coefficient (Wildman–Crippen LogP) is 1.89. The minimum Gasteiger partial charge on any atom is -0.334 e. The molecule has 1 aromatic rings. The maximum Gasteiger partial charge on any atom is 0.242 e. The van der Waals surface area contributed by atoms with Crippen LogP contribution in [0.3, 0.4) is 0 Å². The highest BCUT2D eigenvalue weighted by atomic mass is 32.2. The third kappa shape index (κ3) is 4.52. The fourth-order valence-corrected chi connectivity index (χ4v) is 8.62. The fraction of sp³-hybridized carbons (Fsp3) is 0.667. The van der Waals surface area contributed by atoms with Crippen molar-refractivity contribution in [1.82, 2.24) is 19.9 Å². The highest BCUT2D eigenvalue weighted by Gasteiger charge is 2.58. The molecule has 1 aromatic heterocycles. The zero-order valence-electron chi connectivity index (χ0n) is 19.2. The van der Waals surface area contributed by atoms with Crippen LogP contribution in [0.25, 0.3) is 0 Å². The Morgan fingerprint density at radius 3 is 2.76 bits per heavy atom. The molecule has 2 heterocycles. The van der Waals surface area contributed by atoms with Crippen LogP contribution in [0.5, 0.6) is 0 Å². The number of carbonyl (C=O) groups excluding carboxylic acids is 1. The Labute approximate surface area is 196 Å². The van der Waals surface area contributed by atoms with E-state index in [0.717, 1.165) is 57.9 Å². The Morgan fingerprint density at radius 2 is 2.06 bits per heavy atom. The molecule has 9 heteroatoms. The molecular formula is C24H33N5O3S. The summed E-state index contributed by atoms with van der Waals surface area (Å²) in [6.07, 6.45) is 12.5. The van der Waals surface area contributed by atoms with Crippen LogP contribution in [0.2, 0.25) is 0 Å². The summed E-state index contributed by atoms with van der Waals surface area (Å²) in [6, 6.07) is 3.31. The van der Waals surface area contributed by atoms with E-state index in [2.05, 4.69) is 25.9 Å². The summed E-state index contributed by atoms with van der Waals surface area (Å²) >= 11 is 0. The molecule has 0 spiro atoms. The summed E-state index contributed by atoms with van der Waals surface area (Å²) in [6.45, 7) is 1.05. The second-order valence-corrected chi connectivity index (χ2v) is 12.2. The van der Waals surface area contributed by atoms with Gasteiger partial charge in [0, 0.05) is 37.1 Å². The van der Waals surface area contributed by atoms with Gasteiger partial charge in [0.15, 0.2) is 0 Å². The van der Waals surface area contributed by atoms with Gasteiger partial charge in [-0.2, -0.15) is 0 Å². The number of carbonyl (C=O) groups is 1. The number of hydrogen-bond donors (Lipinski definition) is 2. The summed E-state index contributed by atoms with van der Waals surface area (Å²) in [4.78, 5) is 23.1. The van der Waals surface area contributed by atoms with E-state index in [1.54, 1.807) is 25.4 Å². The lowest BCUT2D eigenvalue weighted by atomic mass is 9.50. The van der Waals surface area contributed by atoms with Crippen LogP contribution in [0.15, 0.2) is 40.5 Å². The van der Waals surface area contributed by atoms with E-state index >= 15 is 0 Å². The van der Waals surface area contributed by atoms with Gasteiger partial charge in [0.05, 0.1) is 12.6 Å². The first-order chi connectivity index (χ1) is 15.8. The molecule has 33 heavy (non-hydrogen) atoms. The summed E-state index contributed by atoms with van der Waals surface area (Å²) in [5, 5.41) is 3.63. The maximum absolute atomic E-state index is 13.1. The average Bonchev–Trinajstić information content (AvgIpc) is 3.24. The van der Waals surface area contributed by atoms with E-state index in [4.69, 9.17) is 0 Å². The molecule has 5 fully saturated rings. The quantitative estimate of drug-likeness (QED) is 0.591. The van der Waals surface area contributed by atoms with E-state index in [1.165, 1.54) is 6.20 Å². The van der Waals surface area contributed by atoms with Gasteiger partial charge in [0.2, 0.25) is 15.9 Å². The van der Waals surface area contributed by atoms with Crippen LogP contribution in [-0.2, 0) is 14.8 Å². The minimum absolute atomic E-state index is 0.0667. The SMILES string of the molecule is CN=C=CC1CCCN1C(=O)CNC12CC3CC(C1)CC(NS(=O)(=O)c1cccnc1)(C3)C2. The summed E-state index contributed by atoms with van der Waals surface area (Å²) < 4.78 is 29.4. The molecule has 1 aliphatic heterocycles. The largest absolute Gasteiger partial charge is 0.334 e. The second-order valence-electron chi connectivity index (χ2n) is 10.5. The van der Waals surface area contributed by atoms with Gasteiger partial charge in [0.1, 0.15) is 4.90 Å². The van der Waals surface area contributed by atoms with E-state index in [-0.39, 0.29) is 22.4 Å². The zero-order chi connectivity index (χ0) is 23.1. The molecule has 178 valence electrons. The van der Waals surface area contributed by atoms with Crippen molar-refractivity contribution < 1.29 is 13.2 Å². The Balaban J connectivity index is 1.30. The number of pyridine rings is 1. The van der Waals surface area contributed by atoms with Crippen LogP contribution in [0.4, 0.5) is 0 Å². The Morgan fingerprint density at radius 1 is 1.30 bits per heavy atom. The summed E-state index contributed by atoms with van der Waals surface area (Å²) in [5.41, 5.74) is -0.640. The summed E-state index contributed by atoms with van der Waals surface area (Å²) in [7, 11) is -1.96. The van der Waals surface area contributed by atoms with Gasteiger partial charge in [-0.3, -0.25) is 9.78 Å². The number of sulfonamides is 1. The molecule has 4 aliphatic carbocycles. The molecule has 1 saturated heterocycles. The van der Waals surface area contributed by atoms with Crippen LogP contribution in [0.1, 0.15) is 51.4 Å². The molecule has 8 nitrogen and oxygen atoms in total. The number of amides is 1. The highest BCUT2D eigenvalue weighted by molar-refractivity contribution is 7.89. The number of nitrogens with one attached hydrogen (secondary N) is 2. The van der Waals surface area contributed by atoms with Gasteiger partial charge in [-0.1, -0.05) is 0 Å². The molecule has 3 atom stereocenters. The van der Waals surface area contributed by atoms with Crippen molar-refractivity contribution in [2.45, 2.75) is 73.4 Å². The first-order valence-electron chi connectivity index (χ1n) is 12.0. The molecule has 1 amide bonds. The topological polar surface area (TPSA) is 104 Å². The number of nitrogens with zero attached hydrogens (tertiary/aromatic N) is 3. The van der Waals surface area contributed by atoms with Crippen LogP contribution >= 0.6 is 0 Å². The van der Waals surface area contributed by atoms with Crippen molar-refractivity contribution in [3.8, 4) is 0 Å². The second kappa shape index (κ2) is 8.62. The van der Waals surface area contributed by atoms with Crippen molar-refractivity contribution in [2.75, 3.05) is 20.1 Å². The van der Waals surface area contributed by atoms with Crippen molar-refractivity contribution in [2.24, 2.45) is 16.8 Å². The number of likely N-dealkylation sites (tertiary alicyclic amines) is 1. The van der Waals surface area contributed by atoms with Crippen molar-refractivity contribution in [1.29, 1.82) is 0 Å². The normalized spacial score (nSPS) is 34.8. The minimum atomic E-state index is -3.65. The monoisotopic (exact) mass is 471 g/mol. The Hall–Kier alpha value is -2.06. The first kappa shape index (κ1) is 22.7. The molecule has 4 saturated carbocycles. The smallest absolute Gasteiger partial charge is 0.242 e. The van der Waals surface area contributed by atoms with Crippen LogP contribution in [-0.4, -0.2) is 67.3 Å². The van der Waals surface area contributed by atoms with E-state index in [0.29, 0.717) is 18.4 Å². The lowest BCUT2D eigenvalue weighted by molar-refractivity contribution is -0.131. The molecule has 3 unspecified atom stereocenters. The van der Waals surface area contributed by atoms with Gasteiger partial charge in [-0.05, 0) is 87.3 Å².